The third kappa shape index (κ3) is 4.27. The van der Waals surface area contributed by atoms with E-state index in [4.69, 9.17) is 9.97 Å². The van der Waals surface area contributed by atoms with E-state index in [-0.39, 0.29) is 0 Å². The predicted molar refractivity (Wildman–Crippen MR) is 155 cm³/mol. The minimum Gasteiger partial charge on any atom is -0.379 e. The Bertz CT molecular complexity index is 1710. The van der Waals surface area contributed by atoms with E-state index in [0.29, 0.717) is 13.1 Å². The van der Waals surface area contributed by atoms with Crippen molar-refractivity contribution < 1.29 is 0 Å². The third-order valence-electron chi connectivity index (χ3n) is 6.81. The lowest BCUT2D eigenvalue weighted by Gasteiger charge is -2.20. The maximum Gasteiger partial charge on any atom is 0.0805 e. The summed E-state index contributed by atoms with van der Waals surface area (Å²) in [6.07, 6.45) is 5.96. The van der Waals surface area contributed by atoms with Gasteiger partial charge in [-0.25, -0.2) is 0 Å². The van der Waals surface area contributed by atoms with Crippen LogP contribution in [0.3, 0.4) is 0 Å². The van der Waals surface area contributed by atoms with E-state index >= 15 is 0 Å². The first-order chi connectivity index (χ1) is 18.2. The number of hydrogen-bond donors (Lipinski definition) is 2. The summed E-state index contributed by atoms with van der Waals surface area (Å²) in [4.78, 5) is 10.3. The molecular weight excluding hydrogens is 452 g/mol. The van der Waals surface area contributed by atoms with Crippen LogP contribution in [0.4, 0.5) is 5.69 Å². The first-order valence-corrected chi connectivity index (χ1v) is 12.6. The second-order valence-electron chi connectivity index (χ2n) is 9.14. The Morgan fingerprint density at radius 3 is 2.03 bits per heavy atom. The molecule has 3 aromatic carbocycles. The number of allylic oxidation sites excluding steroid dienone is 4. The summed E-state index contributed by atoms with van der Waals surface area (Å²) < 4.78 is 0. The quantitative estimate of drug-likeness (QED) is 0.259. The summed E-state index contributed by atoms with van der Waals surface area (Å²) >= 11 is 0. The van der Waals surface area contributed by atoms with Crippen LogP contribution < -0.4 is 10.6 Å². The first-order valence-electron chi connectivity index (χ1n) is 12.6. The van der Waals surface area contributed by atoms with Gasteiger partial charge in [0.1, 0.15) is 0 Å². The van der Waals surface area contributed by atoms with E-state index in [2.05, 4.69) is 108 Å². The normalized spacial score (nSPS) is 15.6. The molecule has 4 heteroatoms. The molecule has 2 N–H and O–H groups in total. The first kappa shape index (κ1) is 22.7. The molecule has 1 aliphatic rings. The zero-order chi connectivity index (χ0) is 25.2. The molecule has 0 unspecified atom stereocenters. The third-order valence-corrected chi connectivity index (χ3v) is 6.81. The van der Waals surface area contributed by atoms with Crippen molar-refractivity contribution in [2.24, 2.45) is 0 Å². The van der Waals surface area contributed by atoms with Gasteiger partial charge in [0, 0.05) is 33.3 Å². The van der Waals surface area contributed by atoms with E-state index in [0.717, 1.165) is 61.5 Å². The molecule has 6 rings (SSSR count). The van der Waals surface area contributed by atoms with E-state index in [1.807, 2.05) is 19.1 Å². The van der Waals surface area contributed by atoms with Crippen molar-refractivity contribution in [3.05, 3.63) is 133 Å². The lowest BCUT2D eigenvalue weighted by Crippen LogP contribution is -2.17. The van der Waals surface area contributed by atoms with Gasteiger partial charge in [-0.3, -0.25) is 9.97 Å². The topological polar surface area (TPSA) is 49.8 Å². The van der Waals surface area contributed by atoms with Crippen LogP contribution in [0.25, 0.3) is 38.4 Å². The van der Waals surface area contributed by atoms with E-state index in [9.17, 15) is 0 Å². The second kappa shape index (κ2) is 9.75. The van der Waals surface area contributed by atoms with Crippen LogP contribution in [0, 0.1) is 0 Å². The fraction of sp³-hybridized carbons (Fsp3) is 0.0909. The molecule has 0 radical (unpaired) electrons. The minimum absolute atomic E-state index is 0.583. The number of pyridine rings is 2. The highest BCUT2D eigenvalue weighted by atomic mass is 14.9. The van der Waals surface area contributed by atoms with Crippen molar-refractivity contribution in [3.8, 4) is 11.3 Å². The molecule has 0 spiro atoms. The maximum atomic E-state index is 5.16. The molecule has 0 amide bonds. The minimum atomic E-state index is 0.583. The highest BCUT2D eigenvalue weighted by Gasteiger charge is 2.17. The highest BCUT2D eigenvalue weighted by Crippen LogP contribution is 2.34. The fourth-order valence-corrected chi connectivity index (χ4v) is 5.08. The zero-order valence-electron chi connectivity index (χ0n) is 20.8. The number of nitrogens with one attached hydrogen (secondary N) is 2. The second-order valence-corrected chi connectivity index (χ2v) is 9.14. The van der Waals surface area contributed by atoms with Gasteiger partial charge in [-0.15, -0.1) is 0 Å². The van der Waals surface area contributed by atoms with E-state index in [1.165, 1.54) is 5.39 Å². The average molecular weight is 481 g/mol. The SMILES string of the molecule is C=C/C=C1\C(=C/C)NCc2cc3ccccc3c(n2)-c2ccccc2NCc2cc3ccccc3c1n2. The van der Waals surface area contributed by atoms with E-state index in [1.54, 1.807) is 0 Å². The molecule has 0 saturated carbocycles. The van der Waals surface area contributed by atoms with Crippen molar-refractivity contribution in [2.45, 2.75) is 20.0 Å². The number of aromatic nitrogens is 2. The molecule has 0 atom stereocenters. The smallest absolute Gasteiger partial charge is 0.0805 e. The standard InChI is InChI=1S/C33H28N4/c1-3-11-28-30(4-2)34-20-24-18-23-13-6-8-15-27(23)33(37-24)29-16-9-10-17-31(29)35-21-25-19-22-12-5-7-14-26(22)32(28)36-25/h3-19,34-35H,1,20-21H2,2H3/b28-11+,30-4+. The Morgan fingerprint density at radius 2 is 1.32 bits per heavy atom. The molecule has 0 saturated heterocycles. The maximum absolute atomic E-state index is 5.16. The number of rotatable bonds is 1. The van der Waals surface area contributed by atoms with Crippen molar-refractivity contribution in [3.63, 3.8) is 0 Å². The molecule has 4 bridgehead atoms. The van der Waals surface area contributed by atoms with Gasteiger partial charge in [-0.05, 0) is 35.9 Å². The molecule has 5 aromatic rings. The van der Waals surface area contributed by atoms with Crippen molar-refractivity contribution in [2.75, 3.05) is 5.32 Å². The summed E-state index contributed by atoms with van der Waals surface area (Å²) in [5, 5.41) is 11.9. The molecule has 3 heterocycles. The summed E-state index contributed by atoms with van der Waals surface area (Å²) in [5.74, 6) is 0. The zero-order valence-corrected chi connectivity index (χ0v) is 20.8. The van der Waals surface area contributed by atoms with Gasteiger partial charge in [-0.2, -0.15) is 0 Å². The van der Waals surface area contributed by atoms with Crippen LogP contribution in [0.15, 0.2) is 115 Å². The number of fused-ring (bicyclic) bond motifs is 10. The van der Waals surface area contributed by atoms with Gasteiger partial charge in [0.15, 0.2) is 0 Å². The lowest BCUT2D eigenvalue weighted by atomic mass is 9.99. The molecule has 2 aromatic heterocycles. The Labute approximate surface area is 217 Å². The summed E-state index contributed by atoms with van der Waals surface area (Å²) in [7, 11) is 0. The van der Waals surface area contributed by atoms with Gasteiger partial charge >= 0.3 is 0 Å². The van der Waals surface area contributed by atoms with Gasteiger partial charge in [0.25, 0.3) is 0 Å². The van der Waals surface area contributed by atoms with Crippen LogP contribution in [-0.2, 0) is 13.1 Å². The Kier molecular flexibility index (Phi) is 5.99. The molecule has 37 heavy (non-hydrogen) atoms. The van der Waals surface area contributed by atoms with Gasteiger partial charge in [0.05, 0.1) is 35.9 Å². The van der Waals surface area contributed by atoms with Crippen LogP contribution in [0.1, 0.15) is 24.0 Å². The molecule has 180 valence electrons. The highest BCUT2D eigenvalue weighted by molar-refractivity contribution is 5.98. The largest absolute Gasteiger partial charge is 0.379 e. The molecular formula is C33H28N4. The summed E-state index contributed by atoms with van der Waals surface area (Å²) in [6.45, 7) is 7.22. The Hall–Kier alpha value is -4.70. The fourth-order valence-electron chi connectivity index (χ4n) is 5.08. The van der Waals surface area contributed by atoms with Crippen LogP contribution in [-0.4, -0.2) is 9.97 Å². The van der Waals surface area contributed by atoms with Crippen LogP contribution in [0.5, 0.6) is 0 Å². The van der Waals surface area contributed by atoms with Gasteiger partial charge < -0.3 is 10.6 Å². The van der Waals surface area contributed by atoms with E-state index < -0.39 is 0 Å². The van der Waals surface area contributed by atoms with Gasteiger partial charge in [0.2, 0.25) is 0 Å². The monoisotopic (exact) mass is 480 g/mol. The lowest BCUT2D eigenvalue weighted by molar-refractivity contribution is 0.810. The average Bonchev–Trinajstić information content (AvgIpc) is 2.94. The molecule has 0 fully saturated rings. The molecule has 4 nitrogen and oxygen atoms in total. The molecule has 1 aliphatic heterocycles. The van der Waals surface area contributed by atoms with Crippen molar-refractivity contribution in [1.29, 1.82) is 0 Å². The summed E-state index contributed by atoms with van der Waals surface area (Å²) in [6, 6.07) is 29.6. The predicted octanol–water partition coefficient (Wildman–Crippen LogP) is 7.64. The number of anilines is 1. The number of benzene rings is 3. The van der Waals surface area contributed by atoms with Crippen molar-refractivity contribution >= 4 is 32.8 Å². The van der Waals surface area contributed by atoms with Gasteiger partial charge in [-0.1, -0.05) is 91.5 Å². The summed E-state index contributed by atoms with van der Waals surface area (Å²) in [5.41, 5.74) is 7.98. The molecule has 0 aliphatic carbocycles. The van der Waals surface area contributed by atoms with Crippen LogP contribution >= 0.6 is 0 Å². The Morgan fingerprint density at radius 1 is 0.730 bits per heavy atom. The number of para-hydroxylation sites is 1. The Balaban J connectivity index is 1.60. The number of hydrogen-bond acceptors (Lipinski definition) is 4. The number of nitrogens with zero attached hydrogens (tertiary/aromatic N) is 2. The van der Waals surface area contributed by atoms with Crippen molar-refractivity contribution in [1.82, 2.24) is 15.3 Å². The van der Waals surface area contributed by atoms with Crippen LogP contribution in [0.2, 0.25) is 0 Å².